The lowest BCUT2D eigenvalue weighted by molar-refractivity contribution is 0.141. The molecule has 1 atom stereocenters. The van der Waals surface area contributed by atoms with Crippen LogP contribution in [-0.4, -0.2) is 11.3 Å². The van der Waals surface area contributed by atoms with Crippen molar-refractivity contribution in [1.82, 2.24) is 0 Å². The van der Waals surface area contributed by atoms with E-state index in [0.717, 1.165) is 6.26 Å². The van der Waals surface area contributed by atoms with Gasteiger partial charge in [-0.15, -0.1) is 0 Å². The van der Waals surface area contributed by atoms with Gasteiger partial charge in [-0.25, -0.2) is 9.36 Å². The topological polar surface area (TPSA) is 72.8 Å². The Labute approximate surface area is 51.8 Å². The molecule has 0 fully saturated rings. The van der Waals surface area contributed by atoms with Crippen LogP contribution in [0.25, 0.3) is 0 Å². The van der Waals surface area contributed by atoms with Crippen molar-refractivity contribution in [3.05, 3.63) is 12.8 Å². The van der Waals surface area contributed by atoms with Gasteiger partial charge in [0.1, 0.15) is 0 Å². The maximum atomic E-state index is 10.1. The van der Waals surface area contributed by atoms with Gasteiger partial charge in [-0.1, -0.05) is 6.58 Å². The number of hydrogen-bond donors (Lipinski definition) is 1. The van der Waals surface area contributed by atoms with E-state index in [9.17, 15) is 9.36 Å². The van der Waals surface area contributed by atoms with Crippen molar-refractivity contribution in [1.29, 1.82) is 0 Å². The van der Waals surface area contributed by atoms with E-state index in [1.165, 1.54) is 0 Å². The summed E-state index contributed by atoms with van der Waals surface area (Å²) in [6.45, 7) is 3.04. The highest BCUT2D eigenvalue weighted by molar-refractivity contribution is 7.34. The molecule has 0 heterocycles. The highest BCUT2D eigenvalue weighted by Crippen LogP contribution is 2.23. The molecule has 0 rings (SSSR count). The van der Waals surface area contributed by atoms with Gasteiger partial charge in [-0.3, -0.25) is 0 Å². The normalized spacial score (nSPS) is 11.6. The fraction of sp³-hybridized carbons (Fsp3) is 0. The van der Waals surface area contributed by atoms with E-state index in [-0.39, 0.29) is 0 Å². The molecule has 0 saturated carbocycles. The van der Waals surface area contributed by atoms with E-state index in [0.29, 0.717) is 0 Å². The molecule has 0 aliphatic rings. The van der Waals surface area contributed by atoms with Gasteiger partial charge in [-0.05, 0) is 0 Å². The lowest BCUT2D eigenvalue weighted by Gasteiger charge is -1.96. The molecule has 0 aliphatic carbocycles. The number of carboxylic acid groups (broad SMARTS) is 1. The first-order valence-electron chi connectivity index (χ1n) is 1.89. The Hall–Kier alpha value is -0.960. The molecule has 0 aromatic rings. The summed E-state index contributed by atoms with van der Waals surface area (Å²) in [5.41, 5.74) is 0. The van der Waals surface area contributed by atoms with Crippen molar-refractivity contribution in [2.75, 3.05) is 0 Å². The van der Waals surface area contributed by atoms with Crippen LogP contribution >= 0.6 is 8.25 Å². The van der Waals surface area contributed by atoms with E-state index in [1.807, 2.05) is 0 Å². The van der Waals surface area contributed by atoms with E-state index in [1.54, 1.807) is 0 Å². The van der Waals surface area contributed by atoms with Crippen LogP contribution in [-0.2, 0) is 13.6 Å². The fourth-order valence-electron chi connectivity index (χ4n) is 0.163. The van der Waals surface area contributed by atoms with E-state index < -0.39 is 14.4 Å². The molecule has 0 radical (unpaired) electrons. The lowest BCUT2D eigenvalue weighted by Crippen LogP contribution is -1.90. The van der Waals surface area contributed by atoms with Crippen LogP contribution in [0, 0.1) is 0 Å². The van der Waals surface area contributed by atoms with Crippen LogP contribution in [0.3, 0.4) is 0 Å². The molecule has 6 heteroatoms. The van der Waals surface area contributed by atoms with Gasteiger partial charge in [0.15, 0.2) is 0 Å². The van der Waals surface area contributed by atoms with Gasteiger partial charge in [0.25, 0.3) is 0 Å². The average Bonchev–Trinajstić information content (AvgIpc) is 1.63. The highest BCUT2D eigenvalue weighted by atomic mass is 31.1. The molecule has 1 unspecified atom stereocenters. The van der Waals surface area contributed by atoms with Crippen LogP contribution in [0.1, 0.15) is 0 Å². The number of carbonyl (C=O) groups is 1. The van der Waals surface area contributed by atoms with E-state index >= 15 is 0 Å². The monoisotopic (exact) mass is 152 g/mol. The summed E-state index contributed by atoms with van der Waals surface area (Å²) in [4.78, 5) is 9.57. The van der Waals surface area contributed by atoms with Gasteiger partial charge in [-0.2, -0.15) is 0 Å². The number of rotatable bonds is 3. The van der Waals surface area contributed by atoms with Crippen molar-refractivity contribution < 1.29 is 23.5 Å². The molecule has 52 valence electrons. The summed E-state index contributed by atoms with van der Waals surface area (Å²) in [5, 5.41) is 7.80. The zero-order valence-electron chi connectivity index (χ0n) is 4.36. The predicted octanol–water partition coefficient (Wildman–Crippen LogP) is 1.23. The standard InChI is InChI=1S/C3H5O5P/c1-2-7-9(6)8-3(4)5/h2,9H,1H2,(H,4,5). The van der Waals surface area contributed by atoms with Gasteiger partial charge in [0, 0.05) is 0 Å². The molecule has 0 aromatic heterocycles. The van der Waals surface area contributed by atoms with Gasteiger partial charge in [0.2, 0.25) is 0 Å². The molecule has 0 aliphatic heterocycles. The summed E-state index contributed by atoms with van der Waals surface area (Å²) in [6, 6.07) is 0. The van der Waals surface area contributed by atoms with E-state index in [4.69, 9.17) is 5.11 Å². The molecule has 0 spiro atoms. The Morgan fingerprint density at radius 2 is 2.33 bits per heavy atom. The Morgan fingerprint density at radius 3 is 2.67 bits per heavy atom. The molecule has 0 amide bonds. The third-order valence-electron chi connectivity index (χ3n) is 0.350. The molecular formula is C3H5O5P. The van der Waals surface area contributed by atoms with Crippen molar-refractivity contribution >= 4 is 14.4 Å². The maximum absolute atomic E-state index is 10.1. The highest BCUT2D eigenvalue weighted by Gasteiger charge is 2.02. The summed E-state index contributed by atoms with van der Waals surface area (Å²) in [5.74, 6) is 0. The summed E-state index contributed by atoms with van der Waals surface area (Å²) < 4.78 is 17.9. The SMILES string of the molecule is C=CO[PH](=O)OC(=O)O. The third kappa shape index (κ3) is 4.90. The van der Waals surface area contributed by atoms with Crippen molar-refractivity contribution in [2.24, 2.45) is 0 Å². The van der Waals surface area contributed by atoms with Crippen LogP contribution < -0.4 is 0 Å². The van der Waals surface area contributed by atoms with Gasteiger partial charge >= 0.3 is 14.4 Å². The number of hydrogen-bond acceptors (Lipinski definition) is 4. The largest absolute Gasteiger partial charge is 0.512 e. The molecule has 0 aromatic carbocycles. The quantitative estimate of drug-likeness (QED) is 0.486. The minimum absolute atomic E-state index is 0.851. The minimum Gasteiger partial charge on any atom is -0.449 e. The zero-order valence-corrected chi connectivity index (χ0v) is 5.36. The second-order valence-corrected chi connectivity index (χ2v) is 1.84. The second-order valence-electron chi connectivity index (χ2n) is 0.902. The van der Waals surface area contributed by atoms with Crippen LogP contribution in [0.5, 0.6) is 0 Å². The molecule has 1 N–H and O–H groups in total. The third-order valence-corrected chi connectivity index (χ3v) is 1.05. The first kappa shape index (κ1) is 8.04. The van der Waals surface area contributed by atoms with Crippen LogP contribution in [0.15, 0.2) is 12.8 Å². The molecule has 0 saturated heterocycles. The van der Waals surface area contributed by atoms with Crippen molar-refractivity contribution in [2.45, 2.75) is 0 Å². The van der Waals surface area contributed by atoms with E-state index in [2.05, 4.69) is 15.6 Å². The Morgan fingerprint density at radius 1 is 1.78 bits per heavy atom. The molecule has 9 heavy (non-hydrogen) atoms. The summed E-state index contributed by atoms with van der Waals surface area (Å²) in [6.07, 6.45) is -0.773. The maximum Gasteiger partial charge on any atom is 0.512 e. The molecular weight excluding hydrogens is 147 g/mol. The van der Waals surface area contributed by atoms with Crippen molar-refractivity contribution in [3.63, 3.8) is 0 Å². The van der Waals surface area contributed by atoms with Crippen LogP contribution in [0.2, 0.25) is 0 Å². The summed E-state index contributed by atoms with van der Waals surface area (Å²) >= 11 is 0. The minimum atomic E-state index is -2.91. The van der Waals surface area contributed by atoms with Crippen LogP contribution in [0.4, 0.5) is 4.79 Å². The predicted molar refractivity (Wildman–Crippen MR) is 29.4 cm³/mol. The zero-order chi connectivity index (χ0) is 7.28. The van der Waals surface area contributed by atoms with Crippen molar-refractivity contribution in [3.8, 4) is 0 Å². The lowest BCUT2D eigenvalue weighted by atomic mass is 11.2. The smallest absolute Gasteiger partial charge is 0.449 e. The Bertz CT molecular complexity index is 141. The first-order chi connectivity index (χ1) is 4.16. The Balaban J connectivity index is 3.50. The average molecular weight is 152 g/mol. The fourth-order valence-corrected chi connectivity index (χ4v) is 0.490. The first-order valence-corrected chi connectivity index (χ1v) is 3.11. The second kappa shape index (κ2) is 3.97. The van der Waals surface area contributed by atoms with Gasteiger partial charge in [0.05, 0.1) is 6.26 Å². The molecule has 5 nitrogen and oxygen atoms in total. The summed E-state index contributed by atoms with van der Waals surface area (Å²) in [7, 11) is -2.91. The Kier molecular flexibility index (Phi) is 3.55. The molecule has 0 bridgehead atoms. The van der Waals surface area contributed by atoms with Gasteiger partial charge < -0.3 is 14.2 Å².